The summed E-state index contributed by atoms with van der Waals surface area (Å²) in [7, 11) is 0. The number of rotatable bonds is 1. The Hall–Kier alpha value is -2.64. The topological polar surface area (TPSA) is 96.9 Å². The van der Waals surface area contributed by atoms with E-state index in [4.69, 9.17) is 0 Å². The highest BCUT2D eigenvalue weighted by Gasteiger charge is 2.66. The van der Waals surface area contributed by atoms with Gasteiger partial charge in [0, 0.05) is 36.0 Å². The fourth-order valence-electron chi connectivity index (χ4n) is 5.01. The molecule has 146 valence electrons. The predicted octanol–water partition coefficient (Wildman–Crippen LogP) is 1.57. The summed E-state index contributed by atoms with van der Waals surface area (Å²) in [6.45, 7) is 4.08. The van der Waals surface area contributed by atoms with Gasteiger partial charge in [-0.05, 0) is 31.9 Å². The number of aliphatic hydroxyl groups is 2. The molecule has 0 spiro atoms. The minimum absolute atomic E-state index is 0.00337. The van der Waals surface area contributed by atoms with E-state index >= 15 is 0 Å². The zero-order chi connectivity index (χ0) is 19.8. The van der Waals surface area contributed by atoms with Crippen LogP contribution in [-0.4, -0.2) is 54.8 Å². The van der Waals surface area contributed by atoms with Crippen LogP contribution in [0.25, 0.3) is 10.9 Å². The Morgan fingerprint density at radius 3 is 2.68 bits per heavy atom. The van der Waals surface area contributed by atoms with Crippen LogP contribution >= 0.6 is 0 Å². The number of hydrogen-bond acceptors (Lipinski definition) is 4. The molecule has 2 saturated heterocycles. The molecule has 3 unspecified atom stereocenters. The summed E-state index contributed by atoms with van der Waals surface area (Å²) < 4.78 is 0. The van der Waals surface area contributed by atoms with E-state index in [1.54, 1.807) is 0 Å². The summed E-state index contributed by atoms with van der Waals surface area (Å²) >= 11 is 0. The Morgan fingerprint density at radius 2 is 1.93 bits per heavy atom. The summed E-state index contributed by atoms with van der Waals surface area (Å²) in [5.74, 6) is -1.21. The second-order valence-corrected chi connectivity index (χ2v) is 8.30. The number of amides is 2. The third kappa shape index (κ3) is 2.00. The van der Waals surface area contributed by atoms with E-state index in [1.165, 1.54) is 4.90 Å². The lowest BCUT2D eigenvalue weighted by molar-refractivity contribution is -0.233. The maximum Gasteiger partial charge on any atom is 0.279 e. The van der Waals surface area contributed by atoms with Crippen molar-refractivity contribution in [3.05, 3.63) is 47.2 Å². The van der Waals surface area contributed by atoms with Crippen LogP contribution in [0.2, 0.25) is 0 Å². The summed E-state index contributed by atoms with van der Waals surface area (Å²) in [5, 5.41) is 23.5. The van der Waals surface area contributed by atoms with Crippen LogP contribution < -0.4 is 0 Å². The number of nitrogens with one attached hydrogen (secondary N) is 1. The Morgan fingerprint density at radius 1 is 1.18 bits per heavy atom. The molecule has 1 aromatic heterocycles. The van der Waals surface area contributed by atoms with Gasteiger partial charge in [-0.2, -0.15) is 0 Å². The van der Waals surface area contributed by atoms with Crippen molar-refractivity contribution < 1.29 is 19.8 Å². The molecule has 2 fully saturated rings. The van der Waals surface area contributed by atoms with Crippen molar-refractivity contribution in [1.29, 1.82) is 0 Å². The number of nitrogens with zero attached hydrogens (tertiary/aromatic N) is 2. The Balaban J connectivity index is 1.79. The Kier molecular flexibility index (Phi) is 3.40. The van der Waals surface area contributed by atoms with Gasteiger partial charge < -0.3 is 20.1 Å². The molecule has 2 amide bonds. The van der Waals surface area contributed by atoms with Gasteiger partial charge in [0.2, 0.25) is 11.4 Å². The zero-order valence-electron chi connectivity index (χ0n) is 15.9. The molecule has 4 heterocycles. The van der Waals surface area contributed by atoms with Crippen molar-refractivity contribution in [2.75, 3.05) is 6.54 Å². The van der Waals surface area contributed by atoms with Crippen molar-refractivity contribution in [1.82, 2.24) is 14.8 Å². The molecule has 7 nitrogen and oxygen atoms in total. The van der Waals surface area contributed by atoms with Crippen molar-refractivity contribution in [3.8, 4) is 0 Å². The van der Waals surface area contributed by atoms with Gasteiger partial charge in [0.15, 0.2) is 0 Å². The van der Waals surface area contributed by atoms with Crippen LogP contribution in [0, 0.1) is 0 Å². The Bertz CT molecular complexity index is 1050. The average Bonchev–Trinajstić information content (AvgIpc) is 3.21. The summed E-state index contributed by atoms with van der Waals surface area (Å²) in [6.07, 6.45) is 2.57. The van der Waals surface area contributed by atoms with Gasteiger partial charge in [-0.15, -0.1) is 0 Å². The largest absolute Gasteiger partial charge is 0.363 e. The van der Waals surface area contributed by atoms with E-state index in [0.29, 0.717) is 6.42 Å². The lowest BCUT2D eigenvalue weighted by Gasteiger charge is -2.54. The zero-order valence-corrected chi connectivity index (χ0v) is 15.9. The second-order valence-electron chi connectivity index (χ2n) is 8.30. The van der Waals surface area contributed by atoms with Crippen LogP contribution in [-0.2, 0) is 16.0 Å². The summed E-state index contributed by atoms with van der Waals surface area (Å²) in [5.41, 5.74) is -0.434. The van der Waals surface area contributed by atoms with E-state index in [1.807, 2.05) is 44.2 Å². The molecule has 3 aliphatic heterocycles. The first kappa shape index (κ1) is 17.5. The Labute approximate surface area is 162 Å². The minimum atomic E-state index is -2.01. The maximum atomic E-state index is 13.4. The molecule has 3 N–H and O–H groups in total. The summed E-state index contributed by atoms with van der Waals surface area (Å²) in [6, 6.07) is 7.05. The summed E-state index contributed by atoms with van der Waals surface area (Å²) in [4.78, 5) is 32.4. The first-order valence-corrected chi connectivity index (χ1v) is 9.62. The number of piperazine rings is 1. The van der Waals surface area contributed by atoms with E-state index in [0.717, 1.165) is 32.6 Å². The molecule has 0 aliphatic carbocycles. The number of H-pyrrole nitrogens is 1. The predicted molar refractivity (Wildman–Crippen MR) is 102 cm³/mol. The second kappa shape index (κ2) is 5.46. The monoisotopic (exact) mass is 381 g/mol. The van der Waals surface area contributed by atoms with Gasteiger partial charge in [0.1, 0.15) is 0 Å². The SMILES string of the molecule is CC(C)=CC1c2[nH]c3ccccc3c2CC2(O)C(=O)N3CCCC3(O)C(=O)N12. The van der Waals surface area contributed by atoms with Gasteiger partial charge in [0.05, 0.1) is 6.04 Å². The quantitative estimate of drug-likeness (QED) is 0.654. The molecule has 2 aromatic rings. The highest BCUT2D eigenvalue weighted by atomic mass is 16.4. The number of para-hydroxylation sites is 1. The van der Waals surface area contributed by atoms with E-state index in [9.17, 15) is 19.8 Å². The molecule has 28 heavy (non-hydrogen) atoms. The van der Waals surface area contributed by atoms with Crippen molar-refractivity contribution in [3.63, 3.8) is 0 Å². The van der Waals surface area contributed by atoms with Gasteiger partial charge in [-0.1, -0.05) is 29.8 Å². The van der Waals surface area contributed by atoms with Gasteiger partial charge in [-0.3, -0.25) is 14.5 Å². The molecule has 3 atom stereocenters. The average molecular weight is 381 g/mol. The number of benzene rings is 1. The molecule has 3 aliphatic rings. The number of aromatic amines is 1. The first-order chi connectivity index (χ1) is 13.3. The molecule has 0 radical (unpaired) electrons. The smallest absolute Gasteiger partial charge is 0.279 e. The number of carbonyl (C=O) groups is 2. The lowest BCUT2D eigenvalue weighted by Crippen LogP contribution is -2.77. The molecule has 0 bridgehead atoms. The van der Waals surface area contributed by atoms with E-state index in [-0.39, 0.29) is 19.4 Å². The van der Waals surface area contributed by atoms with Crippen molar-refractivity contribution >= 4 is 22.7 Å². The van der Waals surface area contributed by atoms with Crippen LogP contribution in [0.15, 0.2) is 35.9 Å². The van der Waals surface area contributed by atoms with Gasteiger partial charge in [-0.25, -0.2) is 0 Å². The standard InChI is InChI=1S/C21H23N3O4/c1-12(2)10-16-17-14(13-6-3-4-7-15(13)22-17)11-21(28)18(25)23-9-5-8-20(23,27)19(26)24(16)21/h3-4,6-7,10,16,22,27-28H,5,8-9,11H2,1-2H3. The van der Waals surface area contributed by atoms with Crippen LogP contribution in [0.1, 0.15) is 44.0 Å². The van der Waals surface area contributed by atoms with Gasteiger partial charge in [0.25, 0.3) is 11.8 Å². The molecular formula is C21H23N3O4. The fourth-order valence-corrected chi connectivity index (χ4v) is 5.01. The molecule has 0 saturated carbocycles. The lowest BCUT2D eigenvalue weighted by atomic mass is 9.84. The van der Waals surface area contributed by atoms with E-state index < -0.39 is 29.3 Å². The fraction of sp³-hybridized carbons (Fsp3) is 0.429. The van der Waals surface area contributed by atoms with Crippen LogP contribution in [0.3, 0.4) is 0 Å². The molecule has 5 rings (SSSR count). The highest BCUT2D eigenvalue weighted by Crippen LogP contribution is 2.48. The van der Waals surface area contributed by atoms with Crippen molar-refractivity contribution in [2.24, 2.45) is 0 Å². The van der Waals surface area contributed by atoms with Crippen molar-refractivity contribution in [2.45, 2.75) is 50.6 Å². The number of fused-ring (bicyclic) bond motifs is 5. The van der Waals surface area contributed by atoms with Crippen LogP contribution in [0.5, 0.6) is 0 Å². The third-order valence-electron chi connectivity index (χ3n) is 6.24. The number of allylic oxidation sites excluding steroid dienone is 1. The number of carbonyl (C=O) groups excluding carboxylic acids is 2. The number of aromatic nitrogens is 1. The van der Waals surface area contributed by atoms with Gasteiger partial charge >= 0.3 is 0 Å². The third-order valence-corrected chi connectivity index (χ3v) is 6.24. The number of hydrogen-bond donors (Lipinski definition) is 3. The van der Waals surface area contributed by atoms with E-state index in [2.05, 4.69) is 4.98 Å². The normalized spacial score (nSPS) is 31.6. The highest BCUT2D eigenvalue weighted by molar-refractivity contribution is 6.02. The minimum Gasteiger partial charge on any atom is -0.363 e. The van der Waals surface area contributed by atoms with Crippen LogP contribution in [0.4, 0.5) is 0 Å². The first-order valence-electron chi connectivity index (χ1n) is 9.62. The molecular weight excluding hydrogens is 358 g/mol. The maximum absolute atomic E-state index is 13.4. The molecule has 7 heteroatoms. The molecule has 1 aromatic carbocycles.